The number of carbonyl (C=O) groups is 1. The second-order valence-electron chi connectivity index (χ2n) is 5.92. The van der Waals surface area contributed by atoms with Crippen LogP contribution in [0.15, 0.2) is 18.2 Å². The third-order valence-corrected chi connectivity index (χ3v) is 5.53. The van der Waals surface area contributed by atoms with Gasteiger partial charge in [-0.3, -0.25) is 4.79 Å². The van der Waals surface area contributed by atoms with Crippen molar-refractivity contribution in [3.63, 3.8) is 0 Å². The molecule has 1 amide bonds. The summed E-state index contributed by atoms with van der Waals surface area (Å²) in [5.74, 6) is 0.0998. The van der Waals surface area contributed by atoms with E-state index < -0.39 is 5.41 Å². The summed E-state index contributed by atoms with van der Waals surface area (Å²) in [4.78, 5) is 13.0. The van der Waals surface area contributed by atoms with Crippen molar-refractivity contribution < 1.29 is 4.79 Å². The monoisotopic (exact) mass is 342 g/mol. The fourth-order valence-corrected chi connectivity index (χ4v) is 3.49. The molecule has 0 saturated carbocycles. The Labute approximate surface area is 142 Å². The maximum atomic E-state index is 13.0. The minimum atomic E-state index is -0.543. The predicted octanol–water partition coefficient (Wildman–Crippen LogP) is 3.92. The van der Waals surface area contributed by atoms with Gasteiger partial charge in [-0.05, 0) is 56.5 Å². The number of rotatable bonds is 5. The zero-order chi connectivity index (χ0) is 16.2. The molecule has 0 aliphatic carbocycles. The summed E-state index contributed by atoms with van der Waals surface area (Å²) in [5.41, 5.74) is 0.400. The van der Waals surface area contributed by atoms with E-state index in [1.165, 1.54) is 0 Å². The molecule has 0 aromatic heterocycles. The van der Waals surface area contributed by atoms with Gasteiger partial charge in [-0.15, -0.1) is 0 Å². The summed E-state index contributed by atoms with van der Waals surface area (Å²) in [6.45, 7) is 6.02. The molecule has 1 aromatic rings. The molecule has 0 atom stereocenters. The topological polar surface area (TPSA) is 41.1 Å². The van der Waals surface area contributed by atoms with E-state index in [9.17, 15) is 4.79 Å². The summed E-state index contributed by atoms with van der Waals surface area (Å²) >= 11 is 12.2. The highest BCUT2D eigenvalue weighted by Gasteiger charge is 2.38. The van der Waals surface area contributed by atoms with Crippen LogP contribution in [0.2, 0.25) is 10.0 Å². The summed E-state index contributed by atoms with van der Waals surface area (Å²) in [6.07, 6.45) is 3.43. The second-order valence-corrected chi connectivity index (χ2v) is 6.73. The van der Waals surface area contributed by atoms with E-state index in [1.54, 1.807) is 6.07 Å². The van der Waals surface area contributed by atoms with Crippen LogP contribution in [-0.4, -0.2) is 25.0 Å². The van der Waals surface area contributed by atoms with Gasteiger partial charge in [0.1, 0.15) is 0 Å². The van der Waals surface area contributed by atoms with Crippen molar-refractivity contribution in [2.45, 2.75) is 51.0 Å². The van der Waals surface area contributed by atoms with Crippen molar-refractivity contribution in [2.75, 3.05) is 13.1 Å². The van der Waals surface area contributed by atoms with Crippen molar-refractivity contribution in [3.05, 3.63) is 33.8 Å². The summed E-state index contributed by atoms with van der Waals surface area (Å²) < 4.78 is 0. The predicted molar refractivity (Wildman–Crippen MR) is 92.8 cm³/mol. The van der Waals surface area contributed by atoms with Gasteiger partial charge in [0, 0.05) is 6.04 Å². The fraction of sp³-hybridized carbons (Fsp3) is 0.588. The minimum absolute atomic E-state index is 0.0998. The number of nitrogens with one attached hydrogen (secondary N) is 2. The molecule has 0 bridgehead atoms. The van der Waals surface area contributed by atoms with Crippen LogP contribution in [0.5, 0.6) is 0 Å². The summed E-state index contributed by atoms with van der Waals surface area (Å²) in [6, 6.07) is 5.79. The van der Waals surface area contributed by atoms with Crippen LogP contribution in [0.1, 0.15) is 45.1 Å². The van der Waals surface area contributed by atoms with Crippen LogP contribution in [0.4, 0.5) is 0 Å². The molecule has 2 rings (SSSR count). The van der Waals surface area contributed by atoms with Crippen LogP contribution in [0.25, 0.3) is 0 Å². The summed E-state index contributed by atoms with van der Waals surface area (Å²) in [7, 11) is 0. The Bertz CT molecular complexity index is 523. The van der Waals surface area contributed by atoms with Crippen LogP contribution in [-0.2, 0) is 10.2 Å². The van der Waals surface area contributed by atoms with Crippen molar-refractivity contribution in [2.24, 2.45) is 0 Å². The number of carbonyl (C=O) groups excluding carboxylic acids is 1. The molecule has 3 nitrogen and oxygen atoms in total. The van der Waals surface area contributed by atoms with Gasteiger partial charge in [-0.25, -0.2) is 0 Å². The average Bonchev–Trinajstić information content (AvgIpc) is 2.53. The Morgan fingerprint density at radius 1 is 1.23 bits per heavy atom. The van der Waals surface area contributed by atoms with Crippen LogP contribution < -0.4 is 10.6 Å². The van der Waals surface area contributed by atoms with Gasteiger partial charge in [-0.2, -0.15) is 0 Å². The molecular formula is C17H24Cl2N2O. The van der Waals surface area contributed by atoms with Crippen LogP contribution in [0.3, 0.4) is 0 Å². The standard InChI is InChI=1S/C17H24Cl2N2O/c1-3-17(4-2,12-5-6-14(18)15(19)11-12)16(22)21-13-7-9-20-10-8-13/h5-6,11,13,20H,3-4,7-10H2,1-2H3,(H,21,22). The van der Waals surface area contributed by atoms with Gasteiger partial charge >= 0.3 is 0 Å². The van der Waals surface area contributed by atoms with E-state index >= 15 is 0 Å². The fourth-order valence-electron chi connectivity index (χ4n) is 3.19. The van der Waals surface area contributed by atoms with Crippen LogP contribution in [0, 0.1) is 0 Å². The Morgan fingerprint density at radius 2 is 1.86 bits per heavy atom. The SMILES string of the molecule is CCC(CC)(C(=O)NC1CCNCC1)c1ccc(Cl)c(Cl)c1. The lowest BCUT2D eigenvalue weighted by atomic mass is 9.74. The van der Waals surface area contributed by atoms with Gasteiger partial charge in [-0.1, -0.05) is 43.1 Å². The molecule has 22 heavy (non-hydrogen) atoms. The Balaban J connectivity index is 2.25. The maximum Gasteiger partial charge on any atom is 0.230 e. The lowest BCUT2D eigenvalue weighted by molar-refractivity contribution is -0.128. The van der Waals surface area contributed by atoms with E-state index in [4.69, 9.17) is 23.2 Å². The smallest absolute Gasteiger partial charge is 0.230 e. The first-order chi connectivity index (χ1) is 10.5. The average molecular weight is 343 g/mol. The third-order valence-electron chi connectivity index (χ3n) is 4.79. The van der Waals surface area contributed by atoms with Gasteiger partial charge in [0.2, 0.25) is 5.91 Å². The summed E-state index contributed by atoms with van der Waals surface area (Å²) in [5, 5.41) is 7.57. The normalized spacial score (nSPS) is 16.5. The Kier molecular flexibility index (Phi) is 6.13. The quantitative estimate of drug-likeness (QED) is 0.851. The van der Waals surface area contributed by atoms with Gasteiger partial charge in [0.25, 0.3) is 0 Å². The molecule has 1 aliphatic rings. The van der Waals surface area contributed by atoms with Crippen LogP contribution >= 0.6 is 23.2 Å². The van der Waals surface area contributed by atoms with E-state index in [1.807, 2.05) is 26.0 Å². The van der Waals surface area contributed by atoms with Crippen molar-refractivity contribution in [1.82, 2.24) is 10.6 Å². The number of piperidine rings is 1. The first-order valence-electron chi connectivity index (χ1n) is 8.00. The minimum Gasteiger partial charge on any atom is -0.353 e. The molecular weight excluding hydrogens is 319 g/mol. The highest BCUT2D eigenvalue weighted by molar-refractivity contribution is 6.42. The highest BCUT2D eigenvalue weighted by Crippen LogP contribution is 2.35. The largest absolute Gasteiger partial charge is 0.353 e. The Hall–Kier alpha value is -0.770. The molecule has 1 heterocycles. The number of amides is 1. The molecule has 1 aliphatic heterocycles. The number of hydrogen-bond acceptors (Lipinski definition) is 2. The van der Waals surface area contributed by atoms with E-state index in [2.05, 4.69) is 10.6 Å². The number of halogens is 2. The van der Waals surface area contributed by atoms with E-state index in [0.29, 0.717) is 10.0 Å². The molecule has 0 radical (unpaired) electrons. The zero-order valence-corrected chi connectivity index (χ0v) is 14.7. The molecule has 0 spiro atoms. The van der Waals surface area contributed by atoms with Gasteiger partial charge in [0.15, 0.2) is 0 Å². The molecule has 122 valence electrons. The first-order valence-corrected chi connectivity index (χ1v) is 8.76. The van der Waals surface area contributed by atoms with Crippen molar-refractivity contribution >= 4 is 29.1 Å². The van der Waals surface area contributed by atoms with Gasteiger partial charge in [0.05, 0.1) is 15.5 Å². The lowest BCUT2D eigenvalue weighted by Crippen LogP contribution is -2.50. The molecule has 1 aromatic carbocycles. The molecule has 0 unspecified atom stereocenters. The zero-order valence-electron chi connectivity index (χ0n) is 13.2. The molecule has 1 fully saturated rings. The number of hydrogen-bond donors (Lipinski definition) is 2. The number of benzene rings is 1. The molecule has 5 heteroatoms. The van der Waals surface area contributed by atoms with Crippen molar-refractivity contribution in [3.8, 4) is 0 Å². The molecule has 2 N–H and O–H groups in total. The van der Waals surface area contributed by atoms with Gasteiger partial charge < -0.3 is 10.6 Å². The van der Waals surface area contributed by atoms with E-state index in [-0.39, 0.29) is 11.9 Å². The Morgan fingerprint density at radius 3 is 2.41 bits per heavy atom. The first kappa shape index (κ1) is 17.6. The third kappa shape index (κ3) is 3.58. The highest BCUT2D eigenvalue weighted by atomic mass is 35.5. The van der Waals surface area contributed by atoms with E-state index in [0.717, 1.165) is 44.3 Å². The molecule has 1 saturated heterocycles. The maximum absolute atomic E-state index is 13.0. The lowest BCUT2D eigenvalue weighted by Gasteiger charge is -2.34. The van der Waals surface area contributed by atoms with Crippen molar-refractivity contribution in [1.29, 1.82) is 0 Å². The second kappa shape index (κ2) is 7.67.